The highest BCUT2D eigenvalue weighted by molar-refractivity contribution is 5.84. The molecule has 2 rings (SSSR count). The van der Waals surface area contributed by atoms with Crippen molar-refractivity contribution in [3.63, 3.8) is 0 Å². The number of rotatable bonds is 6. The fourth-order valence-corrected chi connectivity index (χ4v) is 2.60. The highest BCUT2D eigenvalue weighted by Crippen LogP contribution is 2.17. The number of esters is 1. The first-order valence-corrected chi connectivity index (χ1v) is 8.41. The molecule has 0 radical (unpaired) electrons. The zero-order valence-electron chi connectivity index (χ0n) is 15.2. The van der Waals surface area contributed by atoms with Gasteiger partial charge in [0.25, 0.3) is 0 Å². The number of primary amides is 1. The molecule has 25 heavy (non-hydrogen) atoms. The lowest BCUT2D eigenvalue weighted by Gasteiger charge is -2.25. The van der Waals surface area contributed by atoms with Gasteiger partial charge in [0.05, 0.1) is 6.04 Å². The Hall–Kier alpha value is -2.40. The number of carbonyl (C=O) groups is 2. The lowest BCUT2D eigenvalue weighted by Crippen LogP contribution is -2.50. The Morgan fingerprint density at radius 3 is 2.36 bits per heavy atom. The first kappa shape index (κ1) is 18.9. The average molecular weight is 342 g/mol. The number of nitrogens with two attached hydrogens (primary N) is 1. The van der Waals surface area contributed by atoms with Crippen molar-refractivity contribution in [2.45, 2.75) is 51.8 Å². The van der Waals surface area contributed by atoms with Crippen LogP contribution < -0.4 is 11.1 Å². The Labute approximate surface area is 148 Å². The first-order valence-electron chi connectivity index (χ1n) is 8.41. The summed E-state index contributed by atoms with van der Waals surface area (Å²) >= 11 is 0. The number of amides is 1. The zero-order valence-corrected chi connectivity index (χ0v) is 15.2. The molecule has 1 amide bonds. The molecule has 134 valence electrons. The maximum absolute atomic E-state index is 12.1. The average Bonchev–Trinajstić information content (AvgIpc) is 2.52. The van der Waals surface area contributed by atoms with Gasteiger partial charge in [-0.15, -0.1) is 0 Å². The summed E-state index contributed by atoms with van der Waals surface area (Å²) in [4.78, 5) is 23.9. The van der Waals surface area contributed by atoms with Crippen LogP contribution in [0, 0.1) is 0 Å². The Morgan fingerprint density at radius 2 is 1.76 bits per heavy atom. The fraction of sp³-hybridized carbons (Fsp3) is 0.400. The number of fused-ring (bicyclic) bond motifs is 1. The second kappa shape index (κ2) is 7.66. The van der Waals surface area contributed by atoms with Gasteiger partial charge in [-0.1, -0.05) is 42.5 Å². The predicted octanol–water partition coefficient (Wildman–Crippen LogP) is 2.56. The molecule has 2 aromatic carbocycles. The van der Waals surface area contributed by atoms with Gasteiger partial charge in [0.2, 0.25) is 5.91 Å². The third-order valence-electron chi connectivity index (χ3n) is 3.81. The molecule has 0 saturated carbocycles. The van der Waals surface area contributed by atoms with E-state index in [9.17, 15) is 9.59 Å². The van der Waals surface area contributed by atoms with Gasteiger partial charge in [-0.25, -0.2) is 0 Å². The monoisotopic (exact) mass is 342 g/mol. The minimum atomic E-state index is -0.649. The lowest BCUT2D eigenvalue weighted by atomic mass is 10.0. The minimum absolute atomic E-state index is 0.405. The van der Waals surface area contributed by atoms with Crippen molar-refractivity contribution in [2.75, 3.05) is 0 Å². The van der Waals surface area contributed by atoms with Crippen LogP contribution in [0.3, 0.4) is 0 Å². The van der Waals surface area contributed by atoms with Crippen molar-refractivity contribution in [2.24, 2.45) is 5.73 Å². The SMILES string of the molecule is CC(NC(Cc1ccc2ccccc2c1)C(N)=O)C(=O)OC(C)(C)C. The summed E-state index contributed by atoms with van der Waals surface area (Å²) in [6.07, 6.45) is 0.410. The largest absolute Gasteiger partial charge is 0.459 e. The smallest absolute Gasteiger partial charge is 0.323 e. The van der Waals surface area contributed by atoms with Crippen molar-refractivity contribution >= 4 is 22.6 Å². The summed E-state index contributed by atoms with van der Waals surface area (Å²) in [7, 11) is 0. The molecule has 2 unspecified atom stereocenters. The fourth-order valence-electron chi connectivity index (χ4n) is 2.60. The second-order valence-electron chi connectivity index (χ2n) is 7.26. The van der Waals surface area contributed by atoms with Crippen molar-refractivity contribution in [3.8, 4) is 0 Å². The molecule has 0 fully saturated rings. The maximum Gasteiger partial charge on any atom is 0.323 e. The van der Waals surface area contributed by atoms with E-state index in [-0.39, 0.29) is 0 Å². The van der Waals surface area contributed by atoms with E-state index in [2.05, 4.69) is 5.32 Å². The number of benzene rings is 2. The van der Waals surface area contributed by atoms with Crippen LogP contribution in [0.25, 0.3) is 10.8 Å². The van der Waals surface area contributed by atoms with Crippen molar-refractivity contribution in [3.05, 3.63) is 48.0 Å². The summed E-state index contributed by atoms with van der Waals surface area (Å²) in [6.45, 7) is 7.08. The summed E-state index contributed by atoms with van der Waals surface area (Å²) in [5.41, 5.74) is 5.92. The Balaban J connectivity index is 2.09. The quantitative estimate of drug-likeness (QED) is 0.791. The van der Waals surface area contributed by atoms with Crippen LogP contribution in [-0.2, 0) is 20.7 Å². The summed E-state index contributed by atoms with van der Waals surface area (Å²) in [5.74, 6) is -0.902. The molecule has 0 aliphatic carbocycles. The number of nitrogens with one attached hydrogen (secondary N) is 1. The van der Waals surface area contributed by atoms with Crippen LogP contribution in [0.5, 0.6) is 0 Å². The lowest BCUT2D eigenvalue weighted by molar-refractivity contribution is -0.157. The molecule has 0 aliphatic heterocycles. The molecule has 0 spiro atoms. The van der Waals surface area contributed by atoms with E-state index in [0.29, 0.717) is 6.42 Å². The van der Waals surface area contributed by atoms with E-state index in [1.54, 1.807) is 27.7 Å². The van der Waals surface area contributed by atoms with Gasteiger partial charge in [-0.05, 0) is 50.5 Å². The van der Waals surface area contributed by atoms with Gasteiger partial charge in [0.15, 0.2) is 0 Å². The second-order valence-corrected chi connectivity index (χ2v) is 7.26. The molecular weight excluding hydrogens is 316 g/mol. The van der Waals surface area contributed by atoms with E-state index >= 15 is 0 Å². The van der Waals surface area contributed by atoms with Gasteiger partial charge < -0.3 is 10.5 Å². The van der Waals surface area contributed by atoms with Gasteiger partial charge in [-0.2, -0.15) is 0 Å². The number of ether oxygens (including phenoxy) is 1. The van der Waals surface area contributed by atoms with Crippen LogP contribution in [0.1, 0.15) is 33.3 Å². The number of carbonyl (C=O) groups excluding carboxylic acids is 2. The molecular formula is C20H26N2O3. The van der Waals surface area contributed by atoms with Crippen molar-refractivity contribution in [1.82, 2.24) is 5.32 Å². The third-order valence-corrected chi connectivity index (χ3v) is 3.81. The molecule has 0 aliphatic rings. The van der Waals surface area contributed by atoms with E-state index in [4.69, 9.17) is 10.5 Å². The molecule has 5 heteroatoms. The predicted molar refractivity (Wildman–Crippen MR) is 99.1 cm³/mol. The van der Waals surface area contributed by atoms with Crippen molar-refractivity contribution < 1.29 is 14.3 Å². The molecule has 0 bridgehead atoms. The zero-order chi connectivity index (χ0) is 18.6. The van der Waals surface area contributed by atoms with Gasteiger partial charge >= 0.3 is 5.97 Å². The number of hydrogen-bond acceptors (Lipinski definition) is 4. The topological polar surface area (TPSA) is 81.4 Å². The van der Waals surface area contributed by atoms with Crippen LogP contribution in [0.4, 0.5) is 0 Å². The first-order chi connectivity index (χ1) is 11.7. The van der Waals surface area contributed by atoms with E-state index in [1.807, 2.05) is 42.5 Å². The summed E-state index contributed by atoms with van der Waals surface area (Å²) in [6, 6.07) is 12.8. The summed E-state index contributed by atoms with van der Waals surface area (Å²) in [5, 5.41) is 5.22. The highest BCUT2D eigenvalue weighted by Gasteiger charge is 2.26. The molecule has 0 heterocycles. The van der Waals surface area contributed by atoms with Crippen LogP contribution >= 0.6 is 0 Å². The van der Waals surface area contributed by atoms with E-state index in [1.165, 1.54) is 0 Å². The van der Waals surface area contributed by atoms with Crippen LogP contribution in [0.2, 0.25) is 0 Å². The Morgan fingerprint density at radius 1 is 1.12 bits per heavy atom. The van der Waals surface area contributed by atoms with Crippen LogP contribution in [0.15, 0.2) is 42.5 Å². The normalized spacial score (nSPS) is 14.1. The van der Waals surface area contributed by atoms with Gasteiger partial charge in [0, 0.05) is 0 Å². The summed E-state index contributed by atoms with van der Waals surface area (Å²) < 4.78 is 5.33. The maximum atomic E-state index is 12.1. The third kappa shape index (κ3) is 5.57. The van der Waals surface area contributed by atoms with E-state index in [0.717, 1.165) is 16.3 Å². The number of hydrogen-bond donors (Lipinski definition) is 2. The molecule has 2 atom stereocenters. The minimum Gasteiger partial charge on any atom is -0.459 e. The van der Waals surface area contributed by atoms with Crippen LogP contribution in [-0.4, -0.2) is 29.6 Å². The Bertz CT molecular complexity index is 765. The molecule has 2 aromatic rings. The standard InChI is InChI=1S/C20H26N2O3/c1-13(19(24)25-20(2,3)4)22-17(18(21)23)12-14-9-10-15-7-5-6-8-16(15)11-14/h5-11,13,17,22H,12H2,1-4H3,(H2,21,23). The Kier molecular flexibility index (Phi) is 5.80. The molecule has 3 N–H and O–H groups in total. The van der Waals surface area contributed by atoms with Crippen molar-refractivity contribution in [1.29, 1.82) is 0 Å². The van der Waals surface area contributed by atoms with Gasteiger partial charge in [-0.3, -0.25) is 14.9 Å². The van der Waals surface area contributed by atoms with E-state index < -0.39 is 29.6 Å². The highest BCUT2D eigenvalue weighted by atomic mass is 16.6. The molecule has 5 nitrogen and oxygen atoms in total. The molecule has 0 aromatic heterocycles. The molecule has 0 saturated heterocycles. The van der Waals surface area contributed by atoms with Gasteiger partial charge in [0.1, 0.15) is 11.6 Å².